The second-order valence-electron chi connectivity index (χ2n) is 3.97. The Morgan fingerprint density at radius 2 is 1.86 bits per heavy atom. The molecule has 1 N–H and O–H groups in total. The Hall–Kier alpha value is -0.900. The van der Waals surface area contributed by atoms with Crippen LogP contribution in [0, 0.1) is 0 Å². The van der Waals surface area contributed by atoms with Crippen LogP contribution in [0.5, 0.6) is 0 Å². The van der Waals surface area contributed by atoms with Crippen LogP contribution in [0.1, 0.15) is 38.6 Å². The minimum Gasteiger partial charge on any atom is -0.317 e. The SMILES string of the molecule is CCNC1CCC(n2cnnc2)CC1. The minimum absolute atomic E-state index is 0.625. The van der Waals surface area contributed by atoms with E-state index >= 15 is 0 Å². The maximum atomic E-state index is 3.85. The van der Waals surface area contributed by atoms with Crippen LogP contribution in [0.3, 0.4) is 0 Å². The molecule has 1 saturated carbocycles. The van der Waals surface area contributed by atoms with E-state index in [1.54, 1.807) is 0 Å². The molecule has 1 heterocycles. The van der Waals surface area contributed by atoms with Crippen molar-refractivity contribution in [3.63, 3.8) is 0 Å². The first-order chi connectivity index (χ1) is 6.90. The molecule has 0 amide bonds. The molecule has 1 aromatic rings. The summed E-state index contributed by atoms with van der Waals surface area (Å²) in [4.78, 5) is 0. The summed E-state index contributed by atoms with van der Waals surface area (Å²) in [5.74, 6) is 0. The zero-order valence-electron chi connectivity index (χ0n) is 8.69. The molecule has 14 heavy (non-hydrogen) atoms. The molecule has 1 aliphatic carbocycles. The van der Waals surface area contributed by atoms with Gasteiger partial charge in [0.15, 0.2) is 0 Å². The van der Waals surface area contributed by atoms with E-state index in [0.29, 0.717) is 6.04 Å². The molecule has 0 bridgehead atoms. The van der Waals surface area contributed by atoms with E-state index in [0.717, 1.165) is 12.6 Å². The third-order valence-electron chi connectivity index (χ3n) is 3.05. The van der Waals surface area contributed by atoms with E-state index in [1.807, 2.05) is 12.7 Å². The minimum atomic E-state index is 0.625. The van der Waals surface area contributed by atoms with Crippen molar-refractivity contribution >= 4 is 0 Å². The number of nitrogens with one attached hydrogen (secondary N) is 1. The van der Waals surface area contributed by atoms with Crippen molar-refractivity contribution in [2.45, 2.75) is 44.7 Å². The highest BCUT2D eigenvalue weighted by Gasteiger charge is 2.21. The van der Waals surface area contributed by atoms with Gasteiger partial charge in [-0.1, -0.05) is 6.92 Å². The van der Waals surface area contributed by atoms with Crippen molar-refractivity contribution < 1.29 is 0 Å². The number of hydrogen-bond acceptors (Lipinski definition) is 3. The van der Waals surface area contributed by atoms with Gasteiger partial charge in [-0.25, -0.2) is 0 Å². The van der Waals surface area contributed by atoms with Gasteiger partial charge in [-0.2, -0.15) is 0 Å². The molecule has 0 spiro atoms. The Labute approximate surface area is 84.7 Å². The van der Waals surface area contributed by atoms with Gasteiger partial charge in [-0.05, 0) is 32.2 Å². The van der Waals surface area contributed by atoms with Crippen molar-refractivity contribution in [2.24, 2.45) is 0 Å². The Morgan fingerprint density at radius 3 is 2.43 bits per heavy atom. The summed E-state index contributed by atoms with van der Waals surface area (Å²) in [6.45, 7) is 3.26. The van der Waals surface area contributed by atoms with Crippen molar-refractivity contribution in [3.8, 4) is 0 Å². The highest BCUT2D eigenvalue weighted by Crippen LogP contribution is 2.27. The van der Waals surface area contributed by atoms with Crippen LogP contribution in [0.2, 0.25) is 0 Å². The normalized spacial score (nSPS) is 27.8. The van der Waals surface area contributed by atoms with Gasteiger partial charge in [0, 0.05) is 12.1 Å². The summed E-state index contributed by atoms with van der Waals surface area (Å²) < 4.78 is 2.14. The maximum Gasteiger partial charge on any atom is 0.119 e. The second kappa shape index (κ2) is 4.55. The topological polar surface area (TPSA) is 42.7 Å². The van der Waals surface area contributed by atoms with Gasteiger partial charge in [-0.3, -0.25) is 0 Å². The third-order valence-corrected chi connectivity index (χ3v) is 3.05. The molecule has 4 heteroatoms. The largest absolute Gasteiger partial charge is 0.317 e. The first kappa shape index (κ1) is 9.65. The summed E-state index contributed by atoms with van der Waals surface area (Å²) in [5.41, 5.74) is 0. The zero-order valence-corrected chi connectivity index (χ0v) is 8.69. The Morgan fingerprint density at radius 1 is 1.21 bits per heavy atom. The van der Waals surface area contributed by atoms with Crippen molar-refractivity contribution in [2.75, 3.05) is 6.54 Å². The quantitative estimate of drug-likeness (QED) is 0.790. The smallest absolute Gasteiger partial charge is 0.119 e. The van der Waals surface area contributed by atoms with Crippen LogP contribution in [0.4, 0.5) is 0 Å². The monoisotopic (exact) mass is 194 g/mol. The lowest BCUT2D eigenvalue weighted by Crippen LogP contribution is -2.33. The van der Waals surface area contributed by atoms with E-state index < -0.39 is 0 Å². The predicted molar refractivity (Wildman–Crippen MR) is 55.0 cm³/mol. The lowest BCUT2D eigenvalue weighted by atomic mass is 9.91. The molecule has 1 aliphatic rings. The van der Waals surface area contributed by atoms with Crippen LogP contribution < -0.4 is 5.32 Å². The van der Waals surface area contributed by atoms with Crippen LogP contribution in [0.25, 0.3) is 0 Å². The molecule has 2 rings (SSSR count). The molecule has 1 aromatic heterocycles. The average Bonchev–Trinajstić information content (AvgIpc) is 2.72. The molecule has 1 fully saturated rings. The van der Waals surface area contributed by atoms with Crippen LogP contribution in [-0.4, -0.2) is 27.4 Å². The molecule has 0 unspecified atom stereocenters. The number of aromatic nitrogens is 3. The predicted octanol–water partition coefficient (Wildman–Crippen LogP) is 1.37. The Bertz CT molecular complexity index is 249. The first-order valence-corrected chi connectivity index (χ1v) is 5.47. The number of nitrogens with zero attached hydrogens (tertiary/aromatic N) is 3. The number of rotatable bonds is 3. The summed E-state index contributed by atoms with van der Waals surface area (Å²) in [7, 11) is 0. The molecular weight excluding hydrogens is 176 g/mol. The average molecular weight is 194 g/mol. The van der Waals surface area contributed by atoms with E-state index in [4.69, 9.17) is 0 Å². The molecule has 0 aliphatic heterocycles. The molecule has 4 nitrogen and oxygen atoms in total. The van der Waals surface area contributed by atoms with Crippen LogP contribution in [0.15, 0.2) is 12.7 Å². The van der Waals surface area contributed by atoms with E-state index in [-0.39, 0.29) is 0 Å². The van der Waals surface area contributed by atoms with E-state index in [9.17, 15) is 0 Å². The Balaban J connectivity index is 1.84. The lowest BCUT2D eigenvalue weighted by Gasteiger charge is -2.29. The summed E-state index contributed by atoms with van der Waals surface area (Å²) in [6, 6.07) is 1.35. The fourth-order valence-electron chi connectivity index (χ4n) is 2.26. The molecule has 78 valence electrons. The van der Waals surface area contributed by atoms with Crippen molar-refractivity contribution in [1.82, 2.24) is 20.1 Å². The van der Waals surface area contributed by atoms with Gasteiger partial charge < -0.3 is 9.88 Å². The zero-order chi connectivity index (χ0) is 9.80. The fourth-order valence-corrected chi connectivity index (χ4v) is 2.26. The summed E-state index contributed by atoms with van der Waals surface area (Å²) >= 11 is 0. The van der Waals surface area contributed by atoms with E-state index in [2.05, 4.69) is 27.0 Å². The van der Waals surface area contributed by atoms with E-state index in [1.165, 1.54) is 25.7 Å². The van der Waals surface area contributed by atoms with Gasteiger partial charge in [0.05, 0.1) is 0 Å². The van der Waals surface area contributed by atoms with Crippen LogP contribution in [-0.2, 0) is 0 Å². The standard InChI is InChI=1S/C10H18N4/c1-2-11-9-3-5-10(6-4-9)14-7-12-13-8-14/h7-11H,2-6H2,1H3. The molecule has 0 saturated heterocycles. The number of hydrogen-bond donors (Lipinski definition) is 1. The van der Waals surface area contributed by atoms with Gasteiger partial charge >= 0.3 is 0 Å². The summed E-state index contributed by atoms with van der Waals surface area (Å²) in [5, 5.41) is 11.2. The van der Waals surface area contributed by atoms with Gasteiger partial charge in [0.25, 0.3) is 0 Å². The lowest BCUT2D eigenvalue weighted by molar-refractivity contribution is 0.293. The first-order valence-electron chi connectivity index (χ1n) is 5.47. The maximum absolute atomic E-state index is 3.85. The molecule has 0 radical (unpaired) electrons. The molecule has 0 aromatic carbocycles. The Kier molecular flexibility index (Phi) is 3.14. The van der Waals surface area contributed by atoms with Crippen molar-refractivity contribution in [3.05, 3.63) is 12.7 Å². The molecular formula is C10H18N4. The second-order valence-corrected chi connectivity index (χ2v) is 3.97. The van der Waals surface area contributed by atoms with Gasteiger partial charge in [0.1, 0.15) is 12.7 Å². The van der Waals surface area contributed by atoms with Crippen molar-refractivity contribution in [1.29, 1.82) is 0 Å². The summed E-state index contributed by atoms with van der Waals surface area (Å²) in [6.07, 6.45) is 8.70. The highest BCUT2D eigenvalue weighted by atomic mass is 15.2. The third kappa shape index (κ3) is 2.12. The fraction of sp³-hybridized carbons (Fsp3) is 0.800. The van der Waals surface area contributed by atoms with Crippen LogP contribution >= 0.6 is 0 Å². The van der Waals surface area contributed by atoms with Gasteiger partial charge in [0.2, 0.25) is 0 Å². The molecule has 0 atom stereocenters. The van der Waals surface area contributed by atoms with Gasteiger partial charge in [-0.15, -0.1) is 10.2 Å². The highest BCUT2D eigenvalue weighted by molar-refractivity contribution is 4.81.